The van der Waals surface area contributed by atoms with Crippen molar-refractivity contribution < 1.29 is 33.4 Å². The van der Waals surface area contributed by atoms with Gasteiger partial charge in [-0.1, -0.05) is 13.3 Å². The average molecular weight is 483 g/mol. The number of hydrogen-bond acceptors (Lipinski definition) is 7. The summed E-state index contributed by atoms with van der Waals surface area (Å²) in [6, 6.07) is 13.3. The van der Waals surface area contributed by atoms with Crippen LogP contribution in [0.3, 0.4) is 0 Å². The van der Waals surface area contributed by atoms with E-state index in [9.17, 15) is 19.2 Å². The van der Waals surface area contributed by atoms with Crippen molar-refractivity contribution >= 4 is 35.1 Å². The molecule has 3 rings (SSSR count). The molecule has 1 aliphatic rings. The maximum atomic E-state index is 12.5. The van der Waals surface area contributed by atoms with Gasteiger partial charge in [0.2, 0.25) is 5.91 Å². The lowest BCUT2D eigenvalue weighted by molar-refractivity contribution is -0.151. The van der Waals surface area contributed by atoms with E-state index >= 15 is 0 Å². The maximum Gasteiger partial charge on any atom is 0.338 e. The molecule has 1 atom stereocenters. The number of carbonyl (C=O) groups excluding carboxylic acids is 4. The first-order chi connectivity index (χ1) is 16.9. The van der Waals surface area contributed by atoms with Gasteiger partial charge in [0, 0.05) is 24.3 Å². The van der Waals surface area contributed by atoms with Crippen LogP contribution >= 0.6 is 0 Å². The summed E-state index contributed by atoms with van der Waals surface area (Å²) in [5.41, 5.74) is 1.52. The molecular weight excluding hydrogens is 452 g/mol. The number of hydrogen-bond donors (Lipinski definition) is 1. The Bertz CT molecular complexity index is 1030. The first-order valence-corrected chi connectivity index (χ1v) is 11.7. The third-order valence-corrected chi connectivity index (χ3v) is 5.40. The summed E-state index contributed by atoms with van der Waals surface area (Å²) in [7, 11) is 0. The number of nitrogens with zero attached hydrogens (tertiary/aromatic N) is 1. The minimum Gasteiger partial charge on any atom is -0.494 e. The predicted molar refractivity (Wildman–Crippen MR) is 129 cm³/mol. The fourth-order valence-corrected chi connectivity index (χ4v) is 3.54. The molecular formula is C26H30N2O7. The lowest BCUT2D eigenvalue weighted by Gasteiger charge is -2.17. The summed E-state index contributed by atoms with van der Waals surface area (Å²) in [5.74, 6) is -1.73. The summed E-state index contributed by atoms with van der Waals surface area (Å²) in [5, 5.41) is 2.64. The van der Waals surface area contributed by atoms with Crippen LogP contribution in [0.4, 0.5) is 11.4 Å². The first-order valence-electron chi connectivity index (χ1n) is 11.7. The van der Waals surface area contributed by atoms with Crippen molar-refractivity contribution in [1.82, 2.24) is 0 Å². The zero-order chi connectivity index (χ0) is 25.2. The zero-order valence-corrected chi connectivity index (χ0v) is 20.0. The Morgan fingerprint density at radius 1 is 1.00 bits per heavy atom. The van der Waals surface area contributed by atoms with Crippen LogP contribution in [-0.4, -0.2) is 50.1 Å². The Morgan fingerprint density at radius 3 is 2.37 bits per heavy atom. The van der Waals surface area contributed by atoms with Gasteiger partial charge in [-0.05, 0) is 61.9 Å². The average Bonchev–Trinajstić information content (AvgIpc) is 3.25. The number of esters is 2. The lowest BCUT2D eigenvalue weighted by atomic mass is 10.1. The molecule has 0 saturated carbocycles. The van der Waals surface area contributed by atoms with Gasteiger partial charge in [0.1, 0.15) is 5.75 Å². The zero-order valence-electron chi connectivity index (χ0n) is 20.0. The molecule has 35 heavy (non-hydrogen) atoms. The molecule has 1 aliphatic heterocycles. The van der Waals surface area contributed by atoms with Gasteiger partial charge >= 0.3 is 11.9 Å². The third-order valence-electron chi connectivity index (χ3n) is 5.40. The molecule has 2 aromatic rings. The predicted octanol–water partition coefficient (Wildman–Crippen LogP) is 3.58. The van der Waals surface area contributed by atoms with Crippen molar-refractivity contribution in [3.8, 4) is 5.75 Å². The van der Waals surface area contributed by atoms with Crippen molar-refractivity contribution in [2.75, 3.05) is 36.6 Å². The Balaban J connectivity index is 1.47. The number of unbranched alkanes of at least 4 members (excludes halogenated alkanes) is 1. The van der Waals surface area contributed by atoms with Crippen molar-refractivity contribution in [2.45, 2.75) is 33.1 Å². The molecule has 1 heterocycles. The van der Waals surface area contributed by atoms with E-state index in [1.807, 2.05) is 13.8 Å². The molecule has 1 fully saturated rings. The van der Waals surface area contributed by atoms with Crippen molar-refractivity contribution in [1.29, 1.82) is 0 Å². The van der Waals surface area contributed by atoms with Crippen LogP contribution in [0.1, 0.15) is 43.5 Å². The topological polar surface area (TPSA) is 111 Å². The Morgan fingerprint density at radius 2 is 1.71 bits per heavy atom. The lowest BCUT2D eigenvalue weighted by Crippen LogP contribution is -2.28. The highest BCUT2D eigenvalue weighted by Crippen LogP contribution is 2.26. The van der Waals surface area contributed by atoms with Crippen LogP contribution in [0.25, 0.3) is 0 Å². The fourth-order valence-electron chi connectivity index (χ4n) is 3.54. The molecule has 1 N–H and O–H groups in total. The summed E-state index contributed by atoms with van der Waals surface area (Å²) in [4.78, 5) is 50.6. The second-order valence-corrected chi connectivity index (χ2v) is 8.06. The summed E-state index contributed by atoms with van der Waals surface area (Å²) < 4.78 is 15.7. The van der Waals surface area contributed by atoms with Crippen molar-refractivity contribution in [2.24, 2.45) is 5.92 Å². The van der Waals surface area contributed by atoms with E-state index in [0.29, 0.717) is 35.9 Å². The van der Waals surface area contributed by atoms with Gasteiger partial charge in [0.25, 0.3) is 5.91 Å². The number of rotatable bonds is 11. The molecule has 9 heteroatoms. The number of anilines is 2. The Hall–Kier alpha value is -3.88. The summed E-state index contributed by atoms with van der Waals surface area (Å²) >= 11 is 0. The Kier molecular flexibility index (Phi) is 9.23. The molecule has 1 saturated heterocycles. The van der Waals surface area contributed by atoms with E-state index in [-0.39, 0.29) is 18.9 Å². The van der Waals surface area contributed by atoms with Crippen LogP contribution in [0.15, 0.2) is 48.5 Å². The molecule has 2 amide bonds. The summed E-state index contributed by atoms with van der Waals surface area (Å²) in [6.07, 6.45) is 1.72. The first kappa shape index (κ1) is 25.7. The molecule has 186 valence electrons. The second kappa shape index (κ2) is 12.5. The third kappa shape index (κ3) is 7.30. The highest BCUT2D eigenvalue weighted by Gasteiger charge is 2.36. The molecule has 0 aliphatic carbocycles. The van der Waals surface area contributed by atoms with E-state index in [1.165, 1.54) is 4.90 Å². The van der Waals surface area contributed by atoms with E-state index in [1.54, 1.807) is 48.5 Å². The van der Waals surface area contributed by atoms with Crippen LogP contribution in [-0.2, 0) is 23.9 Å². The minimum absolute atomic E-state index is 0.0137. The van der Waals surface area contributed by atoms with E-state index < -0.39 is 30.4 Å². The van der Waals surface area contributed by atoms with Gasteiger partial charge in [-0.15, -0.1) is 0 Å². The number of nitrogens with one attached hydrogen (secondary N) is 1. The van der Waals surface area contributed by atoms with E-state index in [4.69, 9.17) is 14.2 Å². The van der Waals surface area contributed by atoms with Gasteiger partial charge in [0.05, 0.1) is 24.7 Å². The SMILES string of the molecule is CCCCOC(=O)c1ccc(N2C[C@H](C(=O)OCC(=O)Nc3ccc(OCC)cc3)CC2=O)cc1. The van der Waals surface area contributed by atoms with Crippen LogP contribution in [0.5, 0.6) is 5.75 Å². The van der Waals surface area contributed by atoms with Gasteiger partial charge in [-0.25, -0.2) is 4.79 Å². The van der Waals surface area contributed by atoms with Gasteiger partial charge < -0.3 is 24.4 Å². The Labute approximate surface area is 204 Å². The molecule has 9 nitrogen and oxygen atoms in total. The highest BCUT2D eigenvalue weighted by molar-refractivity contribution is 6.00. The number of carbonyl (C=O) groups is 4. The normalized spacial score (nSPS) is 15.0. The number of amides is 2. The highest BCUT2D eigenvalue weighted by atomic mass is 16.5. The molecule has 0 spiro atoms. The largest absolute Gasteiger partial charge is 0.494 e. The van der Waals surface area contributed by atoms with Gasteiger partial charge in [-0.3, -0.25) is 14.4 Å². The standard InChI is InChI=1S/C26H30N2O7/c1-3-5-14-34-25(31)18-6-10-21(11-7-18)28-16-19(15-24(28)30)26(32)35-17-23(29)27-20-8-12-22(13-9-20)33-4-2/h6-13,19H,3-5,14-17H2,1-2H3,(H,27,29)/t19-/m1/s1. The molecule has 0 bridgehead atoms. The molecule has 0 radical (unpaired) electrons. The van der Waals surface area contributed by atoms with E-state index in [0.717, 1.165) is 12.8 Å². The maximum absolute atomic E-state index is 12.5. The summed E-state index contributed by atoms with van der Waals surface area (Å²) in [6.45, 7) is 4.48. The fraction of sp³-hybridized carbons (Fsp3) is 0.385. The molecule has 0 unspecified atom stereocenters. The quantitative estimate of drug-likeness (QED) is 0.385. The molecule has 0 aromatic heterocycles. The van der Waals surface area contributed by atoms with Crippen LogP contribution in [0, 0.1) is 5.92 Å². The van der Waals surface area contributed by atoms with Crippen molar-refractivity contribution in [3.63, 3.8) is 0 Å². The second-order valence-electron chi connectivity index (χ2n) is 8.06. The van der Waals surface area contributed by atoms with Crippen LogP contribution in [0.2, 0.25) is 0 Å². The number of ether oxygens (including phenoxy) is 3. The van der Waals surface area contributed by atoms with Gasteiger partial charge in [-0.2, -0.15) is 0 Å². The van der Waals surface area contributed by atoms with Crippen molar-refractivity contribution in [3.05, 3.63) is 54.1 Å². The number of benzene rings is 2. The minimum atomic E-state index is -0.681. The monoisotopic (exact) mass is 482 g/mol. The van der Waals surface area contributed by atoms with Crippen LogP contribution < -0.4 is 15.0 Å². The smallest absolute Gasteiger partial charge is 0.338 e. The van der Waals surface area contributed by atoms with Gasteiger partial charge in [0.15, 0.2) is 6.61 Å². The van der Waals surface area contributed by atoms with E-state index in [2.05, 4.69) is 5.32 Å². The molecule has 2 aromatic carbocycles.